The molecule has 106 valence electrons. The Hall–Kier alpha value is -0.0800. The second-order valence-corrected chi connectivity index (χ2v) is 6.89. The first-order valence-corrected chi connectivity index (χ1v) is 8.15. The van der Waals surface area contributed by atoms with Crippen LogP contribution in [0.15, 0.2) is 0 Å². The molecule has 2 aliphatic rings. The fourth-order valence-corrected chi connectivity index (χ4v) is 3.72. The summed E-state index contributed by atoms with van der Waals surface area (Å²) in [4.78, 5) is 2.64. The molecule has 0 aromatic rings. The number of rotatable bonds is 3. The highest BCUT2D eigenvalue weighted by Gasteiger charge is 2.23. The molecule has 0 aromatic carbocycles. The lowest BCUT2D eigenvalue weighted by Crippen LogP contribution is -2.41. The van der Waals surface area contributed by atoms with Crippen LogP contribution in [0, 0.1) is 5.92 Å². The fraction of sp³-hybridized carbons (Fsp3) is 1.00. The predicted octanol–water partition coefficient (Wildman–Crippen LogP) is 3.42. The zero-order valence-corrected chi connectivity index (χ0v) is 12.6. The minimum absolute atomic E-state index is 0.721. The largest absolute Gasteiger partial charge is 0.311 e. The molecule has 0 amide bonds. The maximum atomic E-state index is 3.96. The Morgan fingerprint density at radius 3 is 2.44 bits per heavy atom. The topological polar surface area (TPSA) is 15.3 Å². The minimum Gasteiger partial charge on any atom is -0.311 e. The molecule has 3 unspecified atom stereocenters. The molecule has 2 nitrogen and oxygen atoms in total. The Morgan fingerprint density at radius 1 is 0.944 bits per heavy atom. The lowest BCUT2D eigenvalue weighted by Gasteiger charge is -2.31. The Balaban J connectivity index is 1.76. The Kier molecular flexibility index (Phi) is 5.50. The molecule has 0 spiro atoms. The van der Waals surface area contributed by atoms with Crippen LogP contribution in [0.2, 0.25) is 0 Å². The van der Waals surface area contributed by atoms with Gasteiger partial charge < -0.3 is 10.2 Å². The number of likely N-dealkylation sites (tertiary alicyclic amines) is 1. The molecule has 1 heterocycles. The van der Waals surface area contributed by atoms with Gasteiger partial charge in [-0.3, -0.25) is 0 Å². The molecule has 3 atom stereocenters. The zero-order valence-electron chi connectivity index (χ0n) is 12.6. The first-order valence-electron chi connectivity index (χ1n) is 8.15. The Morgan fingerprint density at radius 2 is 1.72 bits per heavy atom. The van der Waals surface area contributed by atoms with E-state index in [2.05, 4.69) is 31.0 Å². The Labute approximate surface area is 114 Å². The summed E-state index contributed by atoms with van der Waals surface area (Å²) in [6.07, 6.45) is 9.81. The van der Waals surface area contributed by atoms with Crippen molar-refractivity contribution in [3.63, 3.8) is 0 Å². The molecule has 0 bridgehead atoms. The van der Waals surface area contributed by atoms with Gasteiger partial charge in [-0.25, -0.2) is 0 Å². The van der Waals surface area contributed by atoms with Crippen molar-refractivity contribution >= 4 is 0 Å². The third-order valence-electron chi connectivity index (χ3n) is 4.90. The first-order chi connectivity index (χ1) is 8.65. The molecule has 2 fully saturated rings. The van der Waals surface area contributed by atoms with Gasteiger partial charge in [0.1, 0.15) is 0 Å². The molecule has 1 aliphatic heterocycles. The van der Waals surface area contributed by atoms with Gasteiger partial charge in [0.25, 0.3) is 0 Å². The maximum Gasteiger partial charge on any atom is 0.00823 e. The molecule has 18 heavy (non-hydrogen) atoms. The molecule has 1 N–H and O–H groups in total. The van der Waals surface area contributed by atoms with Crippen LogP contribution < -0.4 is 5.32 Å². The van der Waals surface area contributed by atoms with Crippen LogP contribution in [0.4, 0.5) is 0 Å². The van der Waals surface area contributed by atoms with Crippen LogP contribution in [0.5, 0.6) is 0 Å². The lowest BCUT2D eigenvalue weighted by atomic mass is 9.86. The quantitative estimate of drug-likeness (QED) is 0.828. The van der Waals surface area contributed by atoms with Gasteiger partial charge in [-0.15, -0.1) is 0 Å². The zero-order chi connectivity index (χ0) is 13.0. The van der Waals surface area contributed by atoms with Crippen LogP contribution in [-0.2, 0) is 0 Å². The molecular weight excluding hydrogens is 220 g/mol. The van der Waals surface area contributed by atoms with Crippen molar-refractivity contribution in [3.8, 4) is 0 Å². The van der Waals surface area contributed by atoms with Gasteiger partial charge >= 0.3 is 0 Å². The average molecular weight is 252 g/mol. The van der Waals surface area contributed by atoms with E-state index in [1.54, 1.807) is 0 Å². The third-order valence-corrected chi connectivity index (χ3v) is 4.90. The second kappa shape index (κ2) is 6.91. The van der Waals surface area contributed by atoms with Gasteiger partial charge in [-0.1, -0.05) is 19.8 Å². The van der Waals surface area contributed by atoms with E-state index in [0.29, 0.717) is 0 Å². The van der Waals surface area contributed by atoms with Crippen LogP contribution in [0.3, 0.4) is 0 Å². The predicted molar refractivity (Wildman–Crippen MR) is 78.9 cm³/mol. The highest BCUT2D eigenvalue weighted by Crippen LogP contribution is 2.25. The molecule has 2 rings (SSSR count). The van der Waals surface area contributed by atoms with Gasteiger partial charge in [0.15, 0.2) is 0 Å². The van der Waals surface area contributed by atoms with Crippen LogP contribution in [0.1, 0.15) is 65.7 Å². The number of hydrogen-bond acceptors (Lipinski definition) is 2. The van der Waals surface area contributed by atoms with Gasteiger partial charge in [0, 0.05) is 18.1 Å². The van der Waals surface area contributed by atoms with E-state index >= 15 is 0 Å². The molecule has 1 saturated carbocycles. The van der Waals surface area contributed by atoms with Crippen LogP contribution >= 0.6 is 0 Å². The molecule has 0 aromatic heterocycles. The van der Waals surface area contributed by atoms with Crippen LogP contribution in [-0.4, -0.2) is 36.1 Å². The van der Waals surface area contributed by atoms with E-state index in [-0.39, 0.29) is 0 Å². The van der Waals surface area contributed by atoms with Crippen molar-refractivity contribution in [1.82, 2.24) is 10.2 Å². The summed E-state index contributed by atoms with van der Waals surface area (Å²) in [5, 5.41) is 3.96. The van der Waals surface area contributed by atoms with Gasteiger partial charge in [0.2, 0.25) is 0 Å². The number of hydrogen-bond donors (Lipinski definition) is 1. The van der Waals surface area contributed by atoms with Crippen LogP contribution in [0.25, 0.3) is 0 Å². The van der Waals surface area contributed by atoms with Crippen molar-refractivity contribution in [2.75, 3.05) is 13.1 Å². The third kappa shape index (κ3) is 4.24. The van der Waals surface area contributed by atoms with E-state index in [1.807, 2.05) is 0 Å². The summed E-state index contributed by atoms with van der Waals surface area (Å²) >= 11 is 0. The van der Waals surface area contributed by atoms with Crippen molar-refractivity contribution in [2.45, 2.75) is 83.8 Å². The van der Waals surface area contributed by atoms with E-state index in [9.17, 15) is 0 Å². The standard InChI is InChI=1S/C16H32N2/c1-13(2)18-10-5-8-15(9-11-18)17-16-7-4-6-14(3)12-16/h13-17H,4-12H2,1-3H3. The van der Waals surface area contributed by atoms with Gasteiger partial charge in [0.05, 0.1) is 0 Å². The summed E-state index contributed by atoms with van der Waals surface area (Å²) in [6, 6.07) is 2.31. The average Bonchev–Trinajstić information content (AvgIpc) is 2.55. The summed E-state index contributed by atoms with van der Waals surface area (Å²) in [5.41, 5.74) is 0. The normalized spacial score (nSPS) is 35.7. The molecular formula is C16H32N2. The summed E-state index contributed by atoms with van der Waals surface area (Å²) in [6.45, 7) is 9.67. The van der Waals surface area contributed by atoms with Gasteiger partial charge in [-0.2, -0.15) is 0 Å². The maximum absolute atomic E-state index is 3.96. The van der Waals surface area contributed by atoms with E-state index in [1.165, 1.54) is 58.0 Å². The summed E-state index contributed by atoms with van der Waals surface area (Å²) in [7, 11) is 0. The SMILES string of the molecule is CC1CCCC(NC2CCCN(C(C)C)CC2)C1. The monoisotopic (exact) mass is 252 g/mol. The van der Waals surface area contributed by atoms with E-state index in [0.717, 1.165) is 24.0 Å². The molecule has 2 heteroatoms. The van der Waals surface area contributed by atoms with Crippen molar-refractivity contribution in [3.05, 3.63) is 0 Å². The van der Waals surface area contributed by atoms with Gasteiger partial charge in [-0.05, 0) is 65.0 Å². The second-order valence-electron chi connectivity index (χ2n) is 6.89. The minimum atomic E-state index is 0.721. The van der Waals surface area contributed by atoms with E-state index in [4.69, 9.17) is 0 Å². The van der Waals surface area contributed by atoms with E-state index < -0.39 is 0 Å². The summed E-state index contributed by atoms with van der Waals surface area (Å²) < 4.78 is 0. The van der Waals surface area contributed by atoms with Crippen molar-refractivity contribution < 1.29 is 0 Å². The number of nitrogens with one attached hydrogen (secondary N) is 1. The van der Waals surface area contributed by atoms with Crippen molar-refractivity contribution in [1.29, 1.82) is 0 Å². The molecule has 1 saturated heterocycles. The summed E-state index contributed by atoms with van der Waals surface area (Å²) in [5.74, 6) is 0.939. The molecule has 1 aliphatic carbocycles. The lowest BCUT2D eigenvalue weighted by molar-refractivity contribution is 0.225. The van der Waals surface area contributed by atoms with Crippen molar-refractivity contribution in [2.24, 2.45) is 5.92 Å². The highest BCUT2D eigenvalue weighted by atomic mass is 15.1. The fourth-order valence-electron chi connectivity index (χ4n) is 3.72. The Bertz CT molecular complexity index is 239. The molecule has 0 radical (unpaired) electrons. The highest BCUT2D eigenvalue weighted by molar-refractivity contribution is 4.82. The number of nitrogens with zero attached hydrogens (tertiary/aromatic N) is 1. The first kappa shape index (κ1) is 14.3. The smallest absolute Gasteiger partial charge is 0.00823 e.